The zero-order chi connectivity index (χ0) is 20.8. The number of sulfonamides is 1. The minimum Gasteiger partial charge on any atom is -0.287 e. The van der Waals surface area contributed by atoms with E-state index in [1.807, 2.05) is 26.0 Å². The molecule has 0 unspecified atom stereocenters. The highest BCUT2D eigenvalue weighted by Crippen LogP contribution is 2.39. The summed E-state index contributed by atoms with van der Waals surface area (Å²) in [6.07, 6.45) is 0. The minimum absolute atomic E-state index is 0.0996. The summed E-state index contributed by atoms with van der Waals surface area (Å²) in [6.45, 7) is 3.90. The molecule has 0 fully saturated rings. The number of nitrogens with zero attached hydrogens (tertiary/aromatic N) is 2. The molecule has 0 saturated carbocycles. The molecule has 3 aromatic rings. The van der Waals surface area contributed by atoms with Crippen LogP contribution in [0.4, 0.5) is 16.2 Å². The van der Waals surface area contributed by atoms with Gasteiger partial charge in [-0.15, -0.1) is 0 Å². The first-order chi connectivity index (χ1) is 13.8. The van der Waals surface area contributed by atoms with Crippen molar-refractivity contribution in [2.45, 2.75) is 25.3 Å². The number of rotatable bonds is 3. The van der Waals surface area contributed by atoms with Crippen molar-refractivity contribution >= 4 is 39.0 Å². The van der Waals surface area contributed by atoms with Crippen molar-refractivity contribution in [3.8, 4) is 0 Å². The third-order valence-electron chi connectivity index (χ3n) is 5.10. The highest BCUT2D eigenvalue weighted by atomic mass is 35.5. The van der Waals surface area contributed by atoms with Crippen LogP contribution in [0.25, 0.3) is 0 Å². The van der Waals surface area contributed by atoms with E-state index in [2.05, 4.69) is 0 Å². The Labute approximate surface area is 175 Å². The molecule has 4 rings (SSSR count). The second-order valence-corrected chi connectivity index (χ2v) is 9.15. The van der Waals surface area contributed by atoms with Gasteiger partial charge in [0.15, 0.2) is 0 Å². The summed E-state index contributed by atoms with van der Waals surface area (Å²) in [7, 11) is -4.04. The molecule has 1 aliphatic heterocycles. The Balaban J connectivity index is 1.91. The van der Waals surface area contributed by atoms with Gasteiger partial charge in [0.05, 0.1) is 17.9 Å². The number of carbonyl (C=O) groups is 1. The quantitative estimate of drug-likeness (QED) is 0.571. The molecule has 0 bridgehead atoms. The third-order valence-corrected chi connectivity index (χ3v) is 7.07. The van der Waals surface area contributed by atoms with Crippen LogP contribution >= 0.6 is 11.6 Å². The van der Waals surface area contributed by atoms with Gasteiger partial charge in [0.2, 0.25) is 0 Å². The number of benzene rings is 3. The summed E-state index contributed by atoms with van der Waals surface area (Å²) in [5.41, 5.74) is 3.18. The van der Waals surface area contributed by atoms with Crippen LogP contribution < -0.4 is 9.21 Å². The normalized spacial score (nSPS) is 15.3. The van der Waals surface area contributed by atoms with E-state index >= 15 is 0 Å². The molecule has 0 aromatic heterocycles. The predicted octanol–water partition coefficient (Wildman–Crippen LogP) is 5.29. The van der Waals surface area contributed by atoms with Gasteiger partial charge < -0.3 is 0 Å². The number of anilines is 2. The van der Waals surface area contributed by atoms with E-state index in [0.29, 0.717) is 16.4 Å². The number of hydrogen-bond acceptors (Lipinski definition) is 3. The Bertz CT molecular complexity index is 1220. The predicted molar refractivity (Wildman–Crippen MR) is 115 cm³/mol. The average molecular weight is 427 g/mol. The van der Waals surface area contributed by atoms with E-state index in [1.165, 1.54) is 11.0 Å². The van der Waals surface area contributed by atoms with E-state index in [4.69, 9.17) is 11.6 Å². The van der Waals surface area contributed by atoms with E-state index in [1.54, 1.807) is 48.5 Å². The van der Waals surface area contributed by atoms with Gasteiger partial charge in [-0.25, -0.2) is 13.2 Å². The average Bonchev–Trinajstić information content (AvgIpc) is 2.68. The number of amides is 2. The van der Waals surface area contributed by atoms with E-state index in [0.717, 1.165) is 21.0 Å². The lowest BCUT2D eigenvalue weighted by molar-refractivity contribution is 0.253. The van der Waals surface area contributed by atoms with Crippen LogP contribution in [0.1, 0.15) is 16.7 Å². The largest absolute Gasteiger partial charge is 0.343 e. The lowest BCUT2D eigenvalue weighted by atomic mass is 10.1. The van der Waals surface area contributed by atoms with Crippen LogP contribution in [-0.4, -0.2) is 14.4 Å². The van der Waals surface area contributed by atoms with Crippen molar-refractivity contribution in [2.75, 3.05) is 9.21 Å². The molecule has 2 amide bonds. The van der Waals surface area contributed by atoms with E-state index in [9.17, 15) is 13.2 Å². The van der Waals surface area contributed by atoms with Gasteiger partial charge >= 0.3 is 6.03 Å². The SMILES string of the molecule is Cc1cccc(N2C(=O)N(Cc3cccc(Cl)c3)c3ccccc3S2(=O)=O)c1C. The maximum atomic E-state index is 13.5. The maximum Gasteiger partial charge on any atom is 0.343 e. The lowest BCUT2D eigenvalue weighted by Crippen LogP contribution is -2.51. The third kappa shape index (κ3) is 3.28. The van der Waals surface area contributed by atoms with Crippen molar-refractivity contribution in [1.82, 2.24) is 0 Å². The molecule has 5 nitrogen and oxygen atoms in total. The van der Waals surface area contributed by atoms with Crippen LogP contribution in [0, 0.1) is 13.8 Å². The molecule has 7 heteroatoms. The van der Waals surface area contributed by atoms with E-state index in [-0.39, 0.29) is 11.4 Å². The minimum atomic E-state index is -4.04. The van der Waals surface area contributed by atoms with Gasteiger partial charge in [-0.1, -0.05) is 48.0 Å². The molecule has 3 aromatic carbocycles. The zero-order valence-electron chi connectivity index (χ0n) is 16.0. The van der Waals surface area contributed by atoms with Crippen molar-refractivity contribution in [1.29, 1.82) is 0 Å². The highest BCUT2D eigenvalue weighted by Gasteiger charge is 2.43. The summed E-state index contributed by atoms with van der Waals surface area (Å²) < 4.78 is 27.7. The highest BCUT2D eigenvalue weighted by molar-refractivity contribution is 7.94. The van der Waals surface area contributed by atoms with Crippen LogP contribution in [0.3, 0.4) is 0 Å². The fourth-order valence-electron chi connectivity index (χ4n) is 3.47. The lowest BCUT2D eigenvalue weighted by Gasteiger charge is -2.37. The van der Waals surface area contributed by atoms with Crippen LogP contribution in [0.2, 0.25) is 5.02 Å². The van der Waals surface area contributed by atoms with Gasteiger partial charge in [0, 0.05) is 5.02 Å². The van der Waals surface area contributed by atoms with Gasteiger partial charge in [0.1, 0.15) is 4.90 Å². The number of fused-ring (bicyclic) bond motifs is 1. The fourth-order valence-corrected chi connectivity index (χ4v) is 5.33. The smallest absolute Gasteiger partial charge is 0.287 e. The van der Waals surface area contributed by atoms with E-state index < -0.39 is 16.1 Å². The molecule has 0 spiro atoms. The van der Waals surface area contributed by atoms with Gasteiger partial charge in [-0.2, -0.15) is 4.31 Å². The summed E-state index contributed by atoms with van der Waals surface area (Å²) in [5.74, 6) is 0. The first-order valence-corrected chi connectivity index (χ1v) is 10.9. The summed E-state index contributed by atoms with van der Waals surface area (Å²) >= 11 is 6.10. The van der Waals surface area contributed by atoms with Crippen molar-refractivity contribution < 1.29 is 13.2 Å². The molecule has 0 aliphatic carbocycles. The van der Waals surface area contributed by atoms with Crippen molar-refractivity contribution in [3.63, 3.8) is 0 Å². The second-order valence-electron chi connectivity index (χ2n) is 6.95. The number of urea groups is 1. The zero-order valence-corrected chi connectivity index (χ0v) is 17.5. The Morgan fingerprint density at radius 2 is 1.59 bits per heavy atom. The van der Waals surface area contributed by atoms with Gasteiger partial charge in [0.25, 0.3) is 10.0 Å². The summed E-state index contributed by atoms with van der Waals surface area (Å²) in [4.78, 5) is 15.1. The number of halogens is 1. The molecule has 1 aliphatic rings. The molecule has 0 saturated heterocycles. The fraction of sp³-hybridized carbons (Fsp3) is 0.136. The molecule has 0 radical (unpaired) electrons. The first-order valence-electron chi connectivity index (χ1n) is 9.07. The molecule has 29 heavy (non-hydrogen) atoms. The number of aryl methyl sites for hydroxylation is 1. The molecule has 0 atom stereocenters. The number of hydrogen-bond donors (Lipinski definition) is 0. The monoisotopic (exact) mass is 426 g/mol. The Kier molecular flexibility index (Phi) is 4.84. The molecular weight excluding hydrogens is 408 g/mol. The number of carbonyl (C=O) groups excluding carboxylic acids is 1. The molecular formula is C22H19ClN2O3S. The van der Waals surface area contributed by atoms with Gasteiger partial charge in [-0.05, 0) is 60.9 Å². The maximum absolute atomic E-state index is 13.5. The van der Waals surface area contributed by atoms with Crippen LogP contribution in [0.5, 0.6) is 0 Å². The van der Waals surface area contributed by atoms with Gasteiger partial charge in [-0.3, -0.25) is 4.90 Å². The molecule has 148 valence electrons. The topological polar surface area (TPSA) is 57.7 Å². The molecule has 0 N–H and O–H groups in total. The number of para-hydroxylation sites is 1. The van der Waals surface area contributed by atoms with Crippen LogP contribution in [0.15, 0.2) is 71.6 Å². The second kappa shape index (κ2) is 7.21. The van der Waals surface area contributed by atoms with Crippen molar-refractivity contribution in [3.05, 3.63) is 88.4 Å². The standard InChI is InChI=1S/C22H19ClN2O3S/c1-15-7-5-11-19(16(15)2)25-22(26)24(14-17-8-6-9-18(23)13-17)20-10-3-4-12-21(20)29(25,27)28/h3-13H,14H2,1-2H3. The van der Waals surface area contributed by atoms with Crippen molar-refractivity contribution in [2.24, 2.45) is 0 Å². The summed E-state index contributed by atoms with van der Waals surface area (Å²) in [6, 6.07) is 18.4. The summed E-state index contributed by atoms with van der Waals surface area (Å²) in [5, 5.41) is 0.555. The Hall–Kier alpha value is -2.83. The Morgan fingerprint density at radius 3 is 2.34 bits per heavy atom. The molecule has 1 heterocycles. The first kappa shape index (κ1) is 19.5. The van der Waals surface area contributed by atoms with Crippen LogP contribution in [-0.2, 0) is 16.6 Å². The Morgan fingerprint density at radius 1 is 0.897 bits per heavy atom.